The van der Waals surface area contributed by atoms with Crippen molar-refractivity contribution < 1.29 is 14.7 Å². The van der Waals surface area contributed by atoms with Crippen LogP contribution >= 0.6 is 36.6 Å². The third-order valence-electron chi connectivity index (χ3n) is 1.94. The van der Waals surface area contributed by atoms with Gasteiger partial charge in [-0.1, -0.05) is 0 Å². The van der Waals surface area contributed by atoms with Crippen molar-refractivity contribution in [3.05, 3.63) is 0 Å². The number of rotatable bonds is 7. The van der Waals surface area contributed by atoms with Gasteiger partial charge in [0, 0.05) is 18.1 Å². The Kier molecular flexibility index (Phi) is 13.1. The minimum absolute atomic E-state index is 0. The van der Waals surface area contributed by atoms with Crippen molar-refractivity contribution in [2.24, 2.45) is 16.5 Å². The molecule has 5 N–H and O–H groups in total. The van der Waals surface area contributed by atoms with Gasteiger partial charge in [-0.25, -0.2) is 4.79 Å². The van der Waals surface area contributed by atoms with Crippen LogP contribution in [0.4, 0.5) is 0 Å². The van der Waals surface area contributed by atoms with Crippen molar-refractivity contribution in [3.8, 4) is 0 Å². The van der Waals surface area contributed by atoms with Crippen LogP contribution in [0.1, 0.15) is 13.8 Å². The first-order valence-electron chi connectivity index (χ1n) is 4.68. The predicted octanol–water partition coefficient (Wildman–Crippen LogP) is 0.311. The number of aliphatic carboxylic acids is 1. The molecule has 0 unspecified atom stereocenters. The molecule has 0 saturated carbocycles. The summed E-state index contributed by atoms with van der Waals surface area (Å²) < 4.78 is 0. The van der Waals surface area contributed by atoms with E-state index < -0.39 is 17.3 Å². The van der Waals surface area contributed by atoms with E-state index in [1.807, 2.05) is 0 Å². The van der Waals surface area contributed by atoms with Gasteiger partial charge in [-0.3, -0.25) is 9.79 Å². The van der Waals surface area contributed by atoms with Crippen molar-refractivity contribution in [2.45, 2.75) is 19.4 Å². The Morgan fingerprint density at radius 2 is 1.83 bits per heavy atom. The highest BCUT2D eigenvalue weighted by Gasteiger charge is 2.38. The molecule has 0 aliphatic rings. The number of hydrogen-bond acceptors (Lipinski definition) is 5. The molecule has 108 valence electrons. The van der Waals surface area contributed by atoms with Gasteiger partial charge in [0.05, 0.1) is 5.84 Å². The zero-order chi connectivity index (χ0) is 12.8. The topological polar surface area (TPSA) is 119 Å². The largest absolute Gasteiger partial charge is 0.480 e. The predicted molar refractivity (Wildman–Crippen MR) is 79.2 cm³/mol. The molecule has 0 amide bonds. The Morgan fingerprint density at radius 1 is 1.33 bits per heavy atom. The van der Waals surface area contributed by atoms with E-state index in [2.05, 4.69) is 4.99 Å². The minimum Gasteiger partial charge on any atom is -0.480 e. The Bertz CT molecular complexity index is 295. The number of hydrogen-bond donors (Lipinski definition) is 3. The molecule has 0 aliphatic heterocycles. The third-order valence-corrected chi connectivity index (χ3v) is 3.07. The number of carbonyl (C=O) groups is 2. The van der Waals surface area contributed by atoms with Crippen LogP contribution in [0.25, 0.3) is 0 Å². The normalized spacial score (nSPS) is 13.8. The second kappa shape index (κ2) is 10.4. The van der Waals surface area contributed by atoms with E-state index in [0.717, 1.165) is 0 Å². The molecule has 0 aliphatic carbocycles. The van der Waals surface area contributed by atoms with E-state index >= 15 is 0 Å². The van der Waals surface area contributed by atoms with Gasteiger partial charge in [0.2, 0.25) is 0 Å². The molecular formula is C9H19Cl2N3O3S. The molecule has 0 aromatic rings. The van der Waals surface area contributed by atoms with Crippen LogP contribution in [0.15, 0.2) is 4.99 Å². The molecule has 6 nitrogen and oxygen atoms in total. The van der Waals surface area contributed by atoms with Crippen molar-refractivity contribution in [2.75, 3.05) is 18.1 Å². The van der Waals surface area contributed by atoms with E-state index in [-0.39, 0.29) is 30.6 Å². The van der Waals surface area contributed by atoms with Crippen LogP contribution in [0.5, 0.6) is 0 Å². The first-order valence-corrected chi connectivity index (χ1v) is 5.83. The first kappa shape index (κ1) is 22.7. The van der Waals surface area contributed by atoms with Gasteiger partial charge in [-0.05, 0) is 13.8 Å². The monoisotopic (exact) mass is 319 g/mol. The van der Waals surface area contributed by atoms with Crippen LogP contribution in [-0.4, -0.2) is 46.3 Å². The van der Waals surface area contributed by atoms with E-state index in [0.29, 0.717) is 18.1 Å². The summed E-state index contributed by atoms with van der Waals surface area (Å²) in [6.07, 6.45) is 0. The Hall–Kier alpha value is -0.500. The van der Waals surface area contributed by atoms with Gasteiger partial charge in [0.25, 0.3) is 0 Å². The zero-order valence-corrected chi connectivity index (χ0v) is 12.7. The lowest BCUT2D eigenvalue weighted by Gasteiger charge is -2.20. The van der Waals surface area contributed by atoms with E-state index in [9.17, 15) is 9.59 Å². The molecule has 0 rings (SSSR count). The van der Waals surface area contributed by atoms with Crippen molar-refractivity contribution in [1.29, 1.82) is 0 Å². The van der Waals surface area contributed by atoms with Crippen LogP contribution in [0, 0.1) is 0 Å². The lowest BCUT2D eigenvalue weighted by molar-refractivity contribution is -0.146. The summed E-state index contributed by atoms with van der Waals surface area (Å²) in [5.41, 5.74) is 9.02. The maximum atomic E-state index is 11.1. The number of carbonyl (C=O) groups excluding carboxylic acids is 1. The number of carboxylic acids is 1. The van der Waals surface area contributed by atoms with E-state index in [1.54, 1.807) is 6.92 Å². The van der Waals surface area contributed by atoms with Gasteiger partial charge >= 0.3 is 5.97 Å². The quantitative estimate of drug-likeness (QED) is 0.269. The molecule has 0 spiro atoms. The fourth-order valence-corrected chi connectivity index (χ4v) is 1.85. The number of Topliss-reactive ketones (excluding diaryl/α,β-unsaturated/α-hetero) is 1. The Balaban J connectivity index is -0.00000112. The summed E-state index contributed by atoms with van der Waals surface area (Å²) in [5, 5.41) is 8.84. The van der Waals surface area contributed by atoms with Crippen LogP contribution < -0.4 is 11.5 Å². The SMILES string of the molecule is CC(=O)[C@](N)(CSCCN=C(C)N)C(=O)O.Cl.Cl. The van der Waals surface area contributed by atoms with Crippen LogP contribution in [0.2, 0.25) is 0 Å². The first-order chi connectivity index (χ1) is 7.30. The summed E-state index contributed by atoms with van der Waals surface area (Å²) in [4.78, 5) is 25.9. The number of nitrogens with two attached hydrogens (primary N) is 2. The fraction of sp³-hybridized carbons (Fsp3) is 0.667. The number of carboxylic acid groups (broad SMARTS) is 1. The Labute approximate surface area is 123 Å². The zero-order valence-electron chi connectivity index (χ0n) is 10.2. The summed E-state index contributed by atoms with van der Waals surface area (Å²) in [6, 6.07) is 0. The van der Waals surface area contributed by atoms with Crippen LogP contribution in [0.3, 0.4) is 0 Å². The summed E-state index contributed by atoms with van der Waals surface area (Å²) >= 11 is 1.27. The highest BCUT2D eigenvalue weighted by Crippen LogP contribution is 2.12. The lowest BCUT2D eigenvalue weighted by atomic mass is 9.99. The molecule has 0 saturated heterocycles. The van der Waals surface area contributed by atoms with Gasteiger partial charge in [-0.2, -0.15) is 11.8 Å². The summed E-state index contributed by atoms with van der Waals surface area (Å²) in [5.74, 6) is -0.758. The molecule has 0 fully saturated rings. The van der Waals surface area contributed by atoms with Crippen molar-refractivity contribution >= 4 is 54.2 Å². The molecule has 0 heterocycles. The van der Waals surface area contributed by atoms with Gasteiger partial charge in [0.15, 0.2) is 11.3 Å². The lowest BCUT2D eigenvalue weighted by Crippen LogP contribution is -2.56. The van der Waals surface area contributed by atoms with Gasteiger partial charge < -0.3 is 16.6 Å². The number of aliphatic imine (C=N–C) groups is 1. The number of ketones is 1. The van der Waals surface area contributed by atoms with Gasteiger partial charge in [-0.15, -0.1) is 24.8 Å². The number of thioether (sulfide) groups is 1. The molecular weight excluding hydrogens is 301 g/mol. The second-order valence-electron chi connectivity index (χ2n) is 3.41. The highest BCUT2D eigenvalue weighted by molar-refractivity contribution is 7.99. The maximum Gasteiger partial charge on any atom is 0.332 e. The fourth-order valence-electron chi connectivity index (χ4n) is 0.834. The molecule has 0 bridgehead atoms. The van der Waals surface area contributed by atoms with Crippen molar-refractivity contribution in [3.63, 3.8) is 0 Å². The average molecular weight is 320 g/mol. The molecule has 0 aromatic heterocycles. The van der Waals surface area contributed by atoms with Gasteiger partial charge in [0.1, 0.15) is 0 Å². The summed E-state index contributed by atoms with van der Waals surface area (Å²) in [6.45, 7) is 3.34. The minimum atomic E-state index is -1.80. The van der Waals surface area contributed by atoms with E-state index in [1.165, 1.54) is 18.7 Å². The second-order valence-corrected chi connectivity index (χ2v) is 4.51. The number of halogens is 2. The standard InChI is InChI=1S/C9H17N3O3S.2ClH/c1-6(13)9(11,8(14)15)5-16-4-3-12-7(2)10;;/h3-5,11H2,1-2H3,(H2,10,12)(H,14,15);2*1H/t9-;;/m1../s1. The average Bonchev–Trinajstić information content (AvgIpc) is 2.15. The molecule has 0 aromatic carbocycles. The molecule has 9 heteroatoms. The highest BCUT2D eigenvalue weighted by atomic mass is 35.5. The smallest absolute Gasteiger partial charge is 0.332 e. The Morgan fingerprint density at radius 3 is 2.17 bits per heavy atom. The van der Waals surface area contributed by atoms with Crippen molar-refractivity contribution in [1.82, 2.24) is 0 Å². The number of amidine groups is 1. The van der Waals surface area contributed by atoms with E-state index in [4.69, 9.17) is 16.6 Å². The summed E-state index contributed by atoms with van der Waals surface area (Å²) in [7, 11) is 0. The van der Waals surface area contributed by atoms with Crippen LogP contribution in [-0.2, 0) is 9.59 Å². The molecule has 18 heavy (non-hydrogen) atoms. The number of nitrogens with zero attached hydrogens (tertiary/aromatic N) is 1. The molecule has 0 radical (unpaired) electrons. The third kappa shape index (κ3) is 7.75. The maximum absolute atomic E-state index is 11.1. The molecule has 1 atom stereocenters.